The van der Waals surface area contributed by atoms with Gasteiger partial charge in [-0.2, -0.15) is 0 Å². The number of imidazole rings is 1. The lowest BCUT2D eigenvalue weighted by Crippen LogP contribution is -2.23. The first kappa shape index (κ1) is 14.8. The molecule has 0 radical (unpaired) electrons. The fraction of sp³-hybridized carbons (Fsp3) is 0.417. The van der Waals surface area contributed by atoms with Gasteiger partial charge >= 0.3 is 0 Å². The second kappa shape index (κ2) is 6.21. The van der Waals surface area contributed by atoms with Crippen LogP contribution < -0.4 is 4.72 Å². The van der Waals surface area contributed by atoms with Gasteiger partial charge in [0, 0.05) is 30.3 Å². The van der Waals surface area contributed by atoms with Crippen molar-refractivity contribution in [2.75, 3.05) is 0 Å². The maximum atomic E-state index is 12.2. The van der Waals surface area contributed by atoms with Crippen LogP contribution >= 0.6 is 0 Å². The molecule has 0 aromatic carbocycles. The maximum absolute atomic E-state index is 12.2. The molecule has 0 aliphatic rings. The number of aliphatic hydroxyl groups is 1. The number of aromatic nitrogens is 3. The van der Waals surface area contributed by atoms with Crippen molar-refractivity contribution in [1.29, 1.82) is 0 Å². The SMILES string of the molecule is CCCn1cc(S(=O)(=O)NCc2cnc[nH]2)cc1CO. The average molecular weight is 298 g/mol. The van der Waals surface area contributed by atoms with Gasteiger partial charge in [-0.3, -0.25) is 0 Å². The van der Waals surface area contributed by atoms with Crippen LogP contribution in [0.2, 0.25) is 0 Å². The number of hydrogen-bond donors (Lipinski definition) is 3. The number of aliphatic hydroxyl groups excluding tert-OH is 1. The fourth-order valence-corrected chi connectivity index (χ4v) is 2.96. The van der Waals surface area contributed by atoms with Gasteiger partial charge in [-0.05, 0) is 12.5 Å². The zero-order valence-electron chi connectivity index (χ0n) is 11.2. The third-order valence-electron chi connectivity index (χ3n) is 2.91. The molecule has 20 heavy (non-hydrogen) atoms. The first-order chi connectivity index (χ1) is 9.56. The van der Waals surface area contributed by atoms with E-state index >= 15 is 0 Å². The van der Waals surface area contributed by atoms with Crippen molar-refractivity contribution in [3.05, 3.63) is 36.2 Å². The summed E-state index contributed by atoms with van der Waals surface area (Å²) >= 11 is 0. The number of aryl methyl sites for hydroxylation is 1. The van der Waals surface area contributed by atoms with Crippen LogP contribution in [0.3, 0.4) is 0 Å². The molecule has 0 fully saturated rings. The Balaban J connectivity index is 2.16. The standard InChI is InChI=1S/C12H18N4O3S/c1-2-3-16-7-12(4-11(16)8-17)20(18,19)15-6-10-5-13-9-14-10/h4-5,7,9,15,17H,2-3,6,8H2,1H3,(H,13,14). The van der Waals surface area contributed by atoms with Crippen LogP contribution in [0.4, 0.5) is 0 Å². The normalized spacial score (nSPS) is 11.9. The lowest BCUT2D eigenvalue weighted by Gasteiger charge is -2.04. The minimum atomic E-state index is -3.60. The molecule has 3 N–H and O–H groups in total. The van der Waals surface area contributed by atoms with Crippen LogP contribution in [0.25, 0.3) is 0 Å². The Bertz CT molecular complexity index is 646. The predicted octanol–water partition coefficient (Wildman–Crippen LogP) is 0.592. The monoisotopic (exact) mass is 298 g/mol. The molecule has 0 saturated carbocycles. The summed E-state index contributed by atoms with van der Waals surface area (Å²) in [5.41, 5.74) is 1.28. The number of H-pyrrole nitrogens is 1. The molecule has 0 bridgehead atoms. The number of hydrogen-bond acceptors (Lipinski definition) is 4. The topological polar surface area (TPSA) is 100 Å². The molecule has 7 nitrogen and oxygen atoms in total. The molecule has 0 aliphatic heterocycles. The molecule has 2 aromatic heterocycles. The van der Waals surface area contributed by atoms with E-state index in [0.29, 0.717) is 17.9 Å². The second-order valence-corrected chi connectivity index (χ2v) is 6.19. The Labute approximate surface area is 117 Å². The van der Waals surface area contributed by atoms with Crippen LogP contribution in [0.15, 0.2) is 29.7 Å². The molecular weight excluding hydrogens is 280 g/mol. The van der Waals surface area contributed by atoms with Crippen LogP contribution in [0.1, 0.15) is 24.7 Å². The van der Waals surface area contributed by atoms with Gasteiger partial charge in [-0.15, -0.1) is 0 Å². The van der Waals surface area contributed by atoms with Gasteiger partial charge in [0.25, 0.3) is 0 Å². The van der Waals surface area contributed by atoms with E-state index in [1.807, 2.05) is 6.92 Å². The van der Waals surface area contributed by atoms with Crippen LogP contribution in [-0.4, -0.2) is 28.1 Å². The summed E-state index contributed by atoms with van der Waals surface area (Å²) in [4.78, 5) is 6.81. The van der Waals surface area contributed by atoms with Gasteiger partial charge in [-0.25, -0.2) is 18.1 Å². The quantitative estimate of drug-likeness (QED) is 0.696. The Morgan fingerprint density at radius 3 is 2.90 bits per heavy atom. The van der Waals surface area contributed by atoms with Crippen LogP contribution in [-0.2, 0) is 29.7 Å². The number of nitrogens with one attached hydrogen (secondary N) is 2. The highest BCUT2D eigenvalue weighted by atomic mass is 32.2. The van der Waals surface area contributed by atoms with Gasteiger partial charge in [0.1, 0.15) is 0 Å². The molecule has 110 valence electrons. The average Bonchev–Trinajstić information content (AvgIpc) is 3.06. The van der Waals surface area contributed by atoms with E-state index < -0.39 is 10.0 Å². The molecule has 0 spiro atoms. The van der Waals surface area contributed by atoms with Crippen molar-refractivity contribution in [3.8, 4) is 0 Å². The zero-order valence-corrected chi connectivity index (χ0v) is 12.0. The molecule has 2 rings (SSSR count). The van der Waals surface area contributed by atoms with Gasteiger partial charge in [0.2, 0.25) is 10.0 Å². The summed E-state index contributed by atoms with van der Waals surface area (Å²) in [7, 11) is -3.60. The van der Waals surface area contributed by atoms with Gasteiger partial charge in [-0.1, -0.05) is 6.92 Å². The van der Waals surface area contributed by atoms with E-state index in [1.54, 1.807) is 17.0 Å². The molecule has 0 amide bonds. The minimum absolute atomic E-state index is 0.149. The largest absolute Gasteiger partial charge is 0.390 e. The second-order valence-electron chi connectivity index (χ2n) is 4.42. The lowest BCUT2D eigenvalue weighted by atomic mass is 10.4. The molecular formula is C12H18N4O3S. The summed E-state index contributed by atoms with van der Waals surface area (Å²) in [5, 5.41) is 9.25. The maximum Gasteiger partial charge on any atom is 0.242 e. The number of aromatic amines is 1. The van der Waals surface area contributed by atoms with Crippen molar-refractivity contribution in [3.63, 3.8) is 0 Å². The fourth-order valence-electron chi connectivity index (χ4n) is 1.89. The third kappa shape index (κ3) is 3.27. The Kier molecular flexibility index (Phi) is 4.58. The Morgan fingerprint density at radius 1 is 1.50 bits per heavy atom. The summed E-state index contributed by atoms with van der Waals surface area (Å²) < 4.78 is 28.6. The smallest absolute Gasteiger partial charge is 0.242 e. The molecule has 2 heterocycles. The minimum Gasteiger partial charge on any atom is -0.390 e. The molecule has 8 heteroatoms. The van der Waals surface area contributed by atoms with E-state index in [1.165, 1.54) is 12.4 Å². The summed E-state index contributed by atoms with van der Waals surface area (Å²) in [5.74, 6) is 0. The zero-order chi connectivity index (χ0) is 14.6. The highest BCUT2D eigenvalue weighted by molar-refractivity contribution is 7.89. The van der Waals surface area contributed by atoms with E-state index in [4.69, 9.17) is 0 Å². The third-order valence-corrected chi connectivity index (χ3v) is 4.27. The number of sulfonamides is 1. The van der Waals surface area contributed by atoms with Crippen molar-refractivity contribution in [1.82, 2.24) is 19.3 Å². The molecule has 0 saturated heterocycles. The van der Waals surface area contributed by atoms with Crippen molar-refractivity contribution < 1.29 is 13.5 Å². The van der Waals surface area contributed by atoms with Crippen molar-refractivity contribution in [2.45, 2.75) is 37.9 Å². The van der Waals surface area contributed by atoms with Gasteiger partial charge < -0.3 is 14.7 Å². The molecule has 0 atom stereocenters. The van der Waals surface area contributed by atoms with Crippen LogP contribution in [0.5, 0.6) is 0 Å². The summed E-state index contributed by atoms with van der Waals surface area (Å²) in [6, 6.07) is 1.49. The molecule has 0 unspecified atom stereocenters. The number of nitrogens with zero attached hydrogens (tertiary/aromatic N) is 2. The molecule has 2 aromatic rings. The lowest BCUT2D eigenvalue weighted by molar-refractivity contribution is 0.270. The van der Waals surface area contributed by atoms with Crippen molar-refractivity contribution in [2.24, 2.45) is 0 Å². The van der Waals surface area contributed by atoms with E-state index in [-0.39, 0.29) is 18.0 Å². The van der Waals surface area contributed by atoms with Gasteiger partial charge in [0.05, 0.1) is 24.4 Å². The van der Waals surface area contributed by atoms with Crippen LogP contribution in [0, 0.1) is 0 Å². The first-order valence-electron chi connectivity index (χ1n) is 6.33. The van der Waals surface area contributed by atoms with Crippen molar-refractivity contribution >= 4 is 10.0 Å². The number of rotatable bonds is 7. The van der Waals surface area contributed by atoms with Gasteiger partial charge in [0.15, 0.2) is 0 Å². The highest BCUT2D eigenvalue weighted by Gasteiger charge is 2.18. The summed E-state index contributed by atoms with van der Waals surface area (Å²) in [6.45, 7) is 2.63. The molecule has 0 aliphatic carbocycles. The van der Waals surface area contributed by atoms with E-state index in [9.17, 15) is 13.5 Å². The van der Waals surface area contributed by atoms with E-state index in [0.717, 1.165) is 6.42 Å². The first-order valence-corrected chi connectivity index (χ1v) is 7.82. The summed E-state index contributed by atoms with van der Waals surface area (Å²) in [6.07, 6.45) is 5.46. The Hall–Kier alpha value is -1.64. The Morgan fingerprint density at radius 2 is 2.30 bits per heavy atom. The van der Waals surface area contributed by atoms with E-state index in [2.05, 4.69) is 14.7 Å². The highest BCUT2D eigenvalue weighted by Crippen LogP contribution is 2.15. The predicted molar refractivity (Wildman–Crippen MR) is 73.3 cm³/mol.